The maximum absolute atomic E-state index is 14.6. The summed E-state index contributed by atoms with van der Waals surface area (Å²) < 4.78 is 34.2. The molecule has 31 heavy (non-hydrogen) atoms. The Morgan fingerprint density at radius 1 is 1.19 bits per heavy atom. The van der Waals surface area contributed by atoms with Crippen molar-refractivity contribution in [1.82, 2.24) is 4.90 Å². The predicted octanol–water partition coefficient (Wildman–Crippen LogP) is 4.62. The van der Waals surface area contributed by atoms with Crippen molar-refractivity contribution in [1.29, 1.82) is 0 Å². The molecule has 1 aliphatic heterocycles. The van der Waals surface area contributed by atoms with E-state index in [1.807, 2.05) is 6.07 Å². The van der Waals surface area contributed by atoms with Crippen molar-refractivity contribution < 1.29 is 28.2 Å². The molecule has 1 heterocycles. The summed E-state index contributed by atoms with van der Waals surface area (Å²) in [5.74, 6) is -2.22. The molecule has 0 fully saturated rings. The fourth-order valence-electron chi connectivity index (χ4n) is 4.00. The third-order valence-corrected chi connectivity index (χ3v) is 5.30. The fourth-order valence-corrected chi connectivity index (χ4v) is 4.00. The van der Waals surface area contributed by atoms with Gasteiger partial charge < -0.3 is 15.2 Å². The number of hydrogen-bond donors (Lipinski definition) is 2. The van der Waals surface area contributed by atoms with Crippen LogP contribution in [0.1, 0.15) is 49.1 Å². The number of amides is 2. The molecule has 2 amide bonds. The normalized spacial score (nSPS) is 16.1. The quantitative estimate of drug-likeness (QED) is 0.739. The number of nitrogens with one attached hydrogen (secondary N) is 1. The van der Waals surface area contributed by atoms with Gasteiger partial charge in [-0.25, -0.2) is 13.6 Å². The molecule has 0 aliphatic carbocycles. The van der Waals surface area contributed by atoms with E-state index in [1.54, 1.807) is 40.0 Å². The van der Waals surface area contributed by atoms with Crippen molar-refractivity contribution >= 4 is 17.7 Å². The van der Waals surface area contributed by atoms with Crippen LogP contribution in [0.2, 0.25) is 0 Å². The standard InChI is InChI=1S/C23H26F2N2O4/c1-23(2,3)19-17(24)10-15(11-18(19)25)26-21(28)20-16-6-5-13(12-31-4)9-14(16)7-8-27(20)22(29)30/h5-6,9-11,20H,7-8,12H2,1-4H3,(H,26,28)(H,29,30)/t20-/m1/s1. The zero-order valence-electron chi connectivity index (χ0n) is 18.0. The van der Waals surface area contributed by atoms with Gasteiger partial charge >= 0.3 is 6.09 Å². The minimum atomic E-state index is -1.24. The molecule has 166 valence electrons. The maximum Gasteiger partial charge on any atom is 0.408 e. The highest BCUT2D eigenvalue weighted by atomic mass is 19.1. The third kappa shape index (κ3) is 4.69. The number of ether oxygens (including phenoxy) is 1. The number of nitrogens with zero attached hydrogens (tertiary/aromatic N) is 1. The van der Waals surface area contributed by atoms with Crippen LogP contribution in [-0.4, -0.2) is 35.7 Å². The van der Waals surface area contributed by atoms with E-state index < -0.39 is 35.1 Å². The molecule has 0 saturated carbocycles. The molecule has 8 heteroatoms. The molecule has 0 spiro atoms. The van der Waals surface area contributed by atoms with E-state index in [0.717, 1.165) is 28.2 Å². The minimum absolute atomic E-state index is 0.0681. The number of benzene rings is 2. The molecule has 0 bridgehead atoms. The van der Waals surface area contributed by atoms with Gasteiger partial charge in [0, 0.05) is 24.9 Å². The largest absolute Gasteiger partial charge is 0.465 e. The number of fused-ring (bicyclic) bond motifs is 1. The van der Waals surface area contributed by atoms with Crippen LogP contribution >= 0.6 is 0 Å². The number of hydrogen-bond acceptors (Lipinski definition) is 3. The van der Waals surface area contributed by atoms with Crippen molar-refractivity contribution in [3.63, 3.8) is 0 Å². The summed E-state index contributed by atoms with van der Waals surface area (Å²) in [5, 5.41) is 12.1. The summed E-state index contributed by atoms with van der Waals surface area (Å²) in [7, 11) is 1.57. The zero-order chi connectivity index (χ0) is 22.9. The Morgan fingerprint density at radius 2 is 1.84 bits per heavy atom. The summed E-state index contributed by atoms with van der Waals surface area (Å²) in [6.45, 7) is 5.59. The second kappa shape index (κ2) is 8.63. The van der Waals surface area contributed by atoms with Gasteiger partial charge in [-0.05, 0) is 40.7 Å². The maximum atomic E-state index is 14.6. The van der Waals surface area contributed by atoms with Gasteiger partial charge in [0.05, 0.1) is 6.61 Å². The lowest BCUT2D eigenvalue weighted by molar-refractivity contribution is -0.121. The topological polar surface area (TPSA) is 78.9 Å². The Balaban J connectivity index is 1.95. The van der Waals surface area contributed by atoms with Crippen molar-refractivity contribution in [3.05, 3.63) is 64.2 Å². The molecule has 1 atom stereocenters. The van der Waals surface area contributed by atoms with Gasteiger partial charge in [0.2, 0.25) is 0 Å². The number of rotatable bonds is 4. The average Bonchev–Trinajstić information content (AvgIpc) is 2.65. The first-order valence-electron chi connectivity index (χ1n) is 9.93. The molecular formula is C23H26F2N2O4. The second-order valence-electron chi connectivity index (χ2n) is 8.65. The highest BCUT2D eigenvalue weighted by molar-refractivity contribution is 5.97. The van der Waals surface area contributed by atoms with Gasteiger partial charge in [0.25, 0.3) is 5.91 Å². The minimum Gasteiger partial charge on any atom is -0.465 e. The van der Waals surface area contributed by atoms with Crippen LogP contribution < -0.4 is 5.32 Å². The first-order chi connectivity index (χ1) is 14.5. The highest BCUT2D eigenvalue weighted by Gasteiger charge is 2.36. The fraction of sp³-hybridized carbons (Fsp3) is 0.391. The van der Waals surface area contributed by atoms with Gasteiger partial charge in [0.1, 0.15) is 17.7 Å². The number of anilines is 1. The number of carboxylic acid groups (broad SMARTS) is 1. The lowest BCUT2D eigenvalue weighted by Gasteiger charge is -2.34. The molecule has 3 rings (SSSR count). The predicted molar refractivity (Wildman–Crippen MR) is 112 cm³/mol. The van der Waals surface area contributed by atoms with E-state index in [0.29, 0.717) is 18.6 Å². The molecular weight excluding hydrogens is 406 g/mol. The van der Waals surface area contributed by atoms with E-state index in [2.05, 4.69) is 5.32 Å². The lowest BCUT2D eigenvalue weighted by Crippen LogP contribution is -2.44. The van der Waals surface area contributed by atoms with E-state index in [4.69, 9.17) is 4.74 Å². The molecule has 6 nitrogen and oxygen atoms in total. The van der Waals surface area contributed by atoms with Crippen LogP contribution in [0.4, 0.5) is 19.3 Å². The molecule has 0 aromatic heterocycles. The Morgan fingerprint density at radius 3 is 2.39 bits per heavy atom. The van der Waals surface area contributed by atoms with Gasteiger partial charge in [-0.1, -0.05) is 39.0 Å². The molecule has 0 radical (unpaired) electrons. The van der Waals surface area contributed by atoms with Crippen LogP contribution in [0, 0.1) is 11.6 Å². The summed E-state index contributed by atoms with van der Waals surface area (Å²) in [5.41, 5.74) is 1.39. The van der Waals surface area contributed by atoms with Gasteiger partial charge in [-0.15, -0.1) is 0 Å². The Labute approximate surface area is 179 Å². The molecule has 2 aromatic carbocycles. The van der Waals surface area contributed by atoms with Crippen LogP contribution in [-0.2, 0) is 28.0 Å². The Kier molecular flexibility index (Phi) is 6.31. The number of carbonyl (C=O) groups excluding carboxylic acids is 1. The van der Waals surface area contributed by atoms with Crippen LogP contribution in [0.25, 0.3) is 0 Å². The molecule has 2 aromatic rings. The Hall–Kier alpha value is -3.00. The molecule has 0 unspecified atom stereocenters. The lowest BCUT2D eigenvalue weighted by atomic mass is 9.86. The zero-order valence-corrected chi connectivity index (χ0v) is 18.0. The smallest absolute Gasteiger partial charge is 0.408 e. The highest BCUT2D eigenvalue weighted by Crippen LogP contribution is 2.33. The average molecular weight is 432 g/mol. The van der Waals surface area contributed by atoms with Crippen molar-refractivity contribution in [3.8, 4) is 0 Å². The molecule has 0 saturated heterocycles. The monoisotopic (exact) mass is 432 g/mol. The first-order valence-corrected chi connectivity index (χ1v) is 9.93. The summed E-state index contributed by atoms with van der Waals surface area (Å²) in [4.78, 5) is 25.9. The number of halogens is 2. The Bertz CT molecular complexity index is 994. The van der Waals surface area contributed by atoms with E-state index in [9.17, 15) is 23.5 Å². The van der Waals surface area contributed by atoms with Gasteiger partial charge in [0.15, 0.2) is 0 Å². The first kappa shape index (κ1) is 22.7. The van der Waals surface area contributed by atoms with Crippen LogP contribution in [0.5, 0.6) is 0 Å². The van der Waals surface area contributed by atoms with Crippen molar-refractivity contribution in [2.75, 3.05) is 19.0 Å². The SMILES string of the molecule is COCc1ccc2c(c1)CCN(C(=O)O)[C@H]2C(=O)Nc1cc(F)c(C(C)(C)C)c(F)c1. The molecule has 2 N–H and O–H groups in total. The third-order valence-electron chi connectivity index (χ3n) is 5.30. The van der Waals surface area contributed by atoms with E-state index in [-0.39, 0.29) is 17.8 Å². The number of carbonyl (C=O) groups is 2. The second-order valence-corrected chi connectivity index (χ2v) is 8.65. The molecule has 1 aliphatic rings. The summed E-state index contributed by atoms with van der Waals surface area (Å²) in [6, 6.07) is 6.33. The summed E-state index contributed by atoms with van der Waals surface area (Å²) >= 11 is 0. The van der Waals surface area contributed by atoms with Crippen molar-refractivity contribution in [2.45, 2.75) is 45.3 Å². The van der Waals surface area contributed by atoms with E-state index >= 15 is 0 Å². The van der Waals surface area contributed by atoms with Gasteiger partial charge in [-0.2, -0.15) is 0 Å². The van der Waals surface area contributed by atoms with Crippen LogP contribution in [0.3, 0.4) is 0 Å². The summed E-state index contributed by atoms with van der Waals surface area (Å²) in [6.07, 6.45) is -0.792. The van der Waals surface area contributed by atoms with E-state index in [1.165, 1.54) is 0 Å². The van der Waals surface area contributed by atoms with Crippen LogP contribution in [0.15, 0.2) is 30.3 Å². The number of methoxy groups -OCH3 is 1. The van der Waals surface area contributed by atoms with Crippen molar-refractivity contribution in [2.24, 2.45) is 0 Å². The van der Waals surface area contributed by atoms with Gasteiger partial charge in [-0.3, -0.25) is 9.69 Å².